The molecule has 1 aromatic heterocycles. The van der Waals surface area contributed by atoms with Crippen LogP contribution >= 0.6 is 15.9 Å². The standard InChI is InChI=1S/C11H15BrN2O2/c1-7(2)5-9(11(15)16)14-10-6-8(12)3-4-13-10/h3-4,6-7,9H,5H2,1-2H3,(H,13,14)(H,15,16)/t9-/m1/s1. The van der Waals surface area contributed by atoms with E-state index in [2.05, 4.69) is 26.2 Å². The van der Waals surface area contributed by atoms with E-state index in [-0.39, 0.29) is 0 Å². The van der Waals surface area contributed by atoms with E-state index in [1.807, 2.05) is 13.8 Å². The van der Waals surface area contributed by atoms with Crippen molar-refractivity contribution in [3.05, 3.63) is 22.8 Å². The molecule has 0 aliphatic heterocycles. The number of aromatic nitrogens is 1. The fraction of sp³-hybridized carbons (Fsp3) is 0.455. The summed E-state index contributed by atoms with van der Waals surface area (Å²) in [5, 5.41) is 12.0. The summed E-state index contributed by atoms with van der Waals surface area (Å²) >= 11 is 3.31. The predicted octanol–water partition coefficient (Wildman–Crippen LogP) is 2.76. The molecular formula is C11H15BrN2O2. The number of anilines is 1. The molecule has 16 heavy (non-hydrogen) atoms. The zero-order valence-electron chi connectivity index (χ0n) is 9.27. The number of nitrogens with one attached hydrogen (secondary N) is 1. The van der Waals surface area contributed by atoms with Gasteiger partial charge < -0.3 is 10.4 Å². The summed E-state index contributed by atoms with van der Waals surface area (Å²) in [7, 11) is 0. The topological polar surface area (TPSA) is 62.2 Å². The number of halogens is 1. The van der Waals surface area contributed by atoms with E-state index in [4.69, 9.17) is 5.11 Å². The Labute approximate surface area is 103 Å². The third-order valence-electron chi connectivity index (χ3n) is 2.05. The molecule has 0 fully saturated rings. The van der Waals surface area contributed by atoms with E-state index in [9.17, 15) is 4.79 Å². The highest BCUT2D eigenvalue weighted by molar-refractivity contribution is 9.10. The quantitative estimate of drug-likeness (QED) is 0.874. The van der Waals surface area contributed by atoms with Crippen LogP contribution in [0.1, 0.15) is 20.3 Å². The van der Waals surface area contributed by atoms with Crippen molar-refractivity contribution in [2.75, 3.05) is 5.32 Å². The fourth-order valence-corrected chi connectivity index (χ4v) is 1.69. The number of carbonyl (C=O) groups is 1. The summed E-state index contributed by atoms with van der Waals surface area (Å²) in [6.45, 7) is 3.98. The van der Waals surface area contributed by atoms with Crippen molar-refractivity contribution in [2.24, 2.45) is 5.92 Å². The average molecular weight is 287 g/mol. The van der Waals surface area contributed by atoms with Crippen LogP contribution in [-0.2, 0) is 4.79 Å². The van der Waals surface area contributed by atoms with Crippen LogP contribution in [-0.4, -0.2) is 22.1 Å². The van der Waals surface area contributed by atoms with Gasteiger partial charge in [-0.1, -0.05) is 29.8 Å². The van der Waals surface area contributed by atoms with Gasteiger partial charge in [-0.25, -0.2) is 9.78 Å². The molecule has 0 aromatic carbocycles. The Balaban J connectivity index is 2.71. The van der Waals surface area contributed by atoms with Gasteiger partial charge in [0.25, 0.3) is 0 Å². The predicted molar refractivity (Wildman–Crippen MR) is 66.4 cm³/mol. The minimum atomic E-state index is -0.851. The highest BCUT2D eigenvalue weighted by Gasteiger charge is 2.18. The van der Waals surface area contributed by atoms with Gasteiger partial charge >= 0.3 is 5.97 Å². The summed E-state index contributed by atoms with van der Waals surface area (Å²) < 4.78 is 0.874. The Bertz CT molecular complexity index is 369. The van der Waals surface area contributed by atoms with Gasteiger partial charge in [-0.15, -0.1) is 0 Å². The third kappa shape index (κ3) is 4.18. The molecule has 0 unspecified atom stereocenters. The molecule has 1 heterocycles. The number of carboxylic acids is 1. The summed E-state index contributed by atoms with van der Waals surface area (Å²) in [4.78, 5) is 15.1. The summed E-state index contributed by atoms with van der Waals surface area (Å²) in [6, 6.07) is 2.96. The normalized spacial score (nSPS) is 12.5. The van der Waals surface area contributed by atoms with Crippen molar-refractivity contribution in [1.29, 1.82) is 0 Å². The van der Waals surface area contributed by atoms with Gasteiger partial charge in [0.15, 0.2) is 0 Å². The van der Waals surface area contributed by atoms with Crippen LogP contribution in [0.15, 0.2) is 22.8 Å². The number of rotatable bonds is 5. The van der Waals surface area contributed by atoms with Crippen LogP contribution in [0.3, 0.4) is 0 Å². The Morgan fingerprint density at radius 2 is 2.31 bits per heavy atom. The van der Waals surface area contributed by atoms with Gasteiger partial charge in [-0.2, -0.15) is 0 Å². The molecule has 0 bridgehead atoms. The zero-order chi connectivity index (χ0) is 12.1. The number of nitrogens with zero attached hydrogens (tertiary/aromatic N) is 1. The van der Waals surface area contributed by atoms with Crippen LogP contribution in [0.5, 0.6) is 0 Å². The van der Waals surface area contributed by atoms with Crippen molar-refractivity contribution in [1.82, 2.24) is 4.98 Å². The van der Waals surface area contributed by atoms with E-state index in [0.29, 0.717) is 18.2 Å². The lowest BCUT2D eigenvalue weighted by atomic mass is 10.0. The Kier molecular flexibility index (Phi) is 4.73. The van der Waals surface area contributed by atoms with Crippen LogP contribution in [0, 0.1) is 5.92 Å². The minimum Gasteiger partial charge on any atom is -0.480 e. The van der Waals surface area contributed by atoms with Gasteiger partial charge in [-0.3, -0.25) is 0 Å². The maximum absolute atomic E-state index is 11.0. The summed E-state index contributed by atoms with van der Waals surface area (Å²) in [5.41, 5.74) is 0. The maximum atomic E-state index is 11.0. The lowest BCUT2D eigenvalue weighted by Crippen LogP contribution is -2.31. The Morgan fingerprint density at radius 1 is 1.62 bits per heavy atom. The number of carboxylic acid groups (broad SMARTS) is 1. The Hall–Kier alpha value is -1.10. The summed E-state index contributed by atoms with van der Waals surface area (Å²) in [5.74, 6) is 0.0404. The van der Waals surface area contributed by atoms with Gasteiger partial charge in [-0.05, 0) is 24.5 Å². The van der Waals surface area contributed by atoms with Crippen molar-refractivity contribution in [3.63, 3.8) is 0 Å². The molecule has 4 nitrogen and oxygen atoms in total. The van der Waals surface area contributed by atoms with E-state index in [1.165, 1.54) is 0 Å². The lowest BCUT2D eigenvalue weighted by Gasteiger charge is -2.16. The SMILES string of the molecule is CC(C)C[C@@H](Nc1cc(Br)ccn1)C(=O)O. The first-order chi connectivity index (χ1) is 7.49. The molecule has 0 radical (unpaired) electrons. The molecule has 0 aliphatic rings. The van der Waals surface area contributed by atoms with Gasteiger partial charge in [0, 0.05) is 10.7 Å². The highest BCUT2D eigenvalue weighted by Crippen LogP contribution is 2.15. The van der Waals surface area contributed by atoms with E-state index in [1.54, 1.807) is 18.3 Å². The lowest BCUT2D eigenvalue weighted by molar-refractivity contribution is -0.138. The molecule has 0 saturated heterocycles. The van der Waals surface area contributed by atoms with Crippen molar-refractivity contribution < 1.29 is 9.90 Å². The first kappa shape index (κ1) is 13.0. The molecule has 0 saturated carbocycles. The second-order valence-corrected chi connectivity index (χ2v) is 4.94. The number of hydrogen-bond donors (Lipinski definition) is 2. The zero-order valence-corrected chi connectivity index (χ0v) is 10.9. The van der Waals surface area contributed by atoms with Crippen LogP contribution in [0.2, 0.25) is 0 Å². The fourth-order valence-electron chi connectivity index (χ4n) is 1.36. The van der Waals surface area contributed by atoms with E-state index < -0.39 is 12.0 Å². The van der Waals surface area contributed by atoms with Gasteiger partial charge in [0.1, 0.15) is 11.9 Å². The second-order valence-electron chi connectivity index (χ2n) is 4.02. The maximum Gasteiger partial charge on any atom is 0.326 e. The number of hydrogen-bond acceptors (Lipinski definition) is 3. The van der Waals surface area contributed by atoms with Crippen molar-refractivity contribution >= 4 is 27.7 Å². The molecule has 1 atom stereocenters. The second kappa shape index (κ2) is 5.84. The smallest absolute Gasteiger partial charge is 0.326 e. The number of pyridine rings is 1. The molecule has 1 rings (SSSR count). The Morgan fingerprint density at radius 3 is 2.81 bits per heavy atom. The first-order valence-corrected chi connectivity index (χ1v) is 5.89. The van der Waals surface area contributed by atoms with Crippen LogP contribution < -0.4 is 5.32 Å². The third-order valence-corrected chi connectivity index (χ3v) is 2.54. The van der Waals surface area contributed by atoms with Crippen molar-refractivity contribution in [2.45, 2.75) is 26.3 Å². The molecule has 2 N–H and O–H groups in total. The average Bonchev–Trinajstić information content (AvgIpc) is 2.15. The number of aliphatic carboxylic acids is 1. The minimum absolute atomic E-state index is 0.320. The largest absolute Gasteiger partial charge is 0.480 e. The van der Waals surface area contributed by atoms with E-state index in [0.717, 1.165) is 4.47 Å². The van der Waals surface area contributed by atoms with Crippen LogP contribution in [0.4, 0.5) is 5.82 Å². The molecule has 5 heteroatoms. The van der Waals surface area contributed by atoms with E-state index >= 15 is 0 Å². The molecule has 0 aliphatic carbocycles. The molecule has 88 valence electrons. The highest BCUT2D eigenvalue weighted by atomic mass is 79.9. The first-order valence-electron chi connectivity index (χ1n) is 5.10. The molecule has 1 aromatic rings. The van der Waals surface area contributed by atoms with Gasteiger partial charge in [0.05, 0.1) is 0 Å². The molecular weight excluding hydrogens is 272 g/mol. The summed E-state index contributed by atoms with van der Waals surface area (Å²) in [6.07, 6.45) is 2.20. The monoisotopic (exact) mass is 286 g/mol. The van der Waals surface area contributed by atoms with Crippen LogP contribution in [0.25, 0.3) is 0 Å². The molecule has 0 amide bonds. The van der Waals surface area contributed by atoms with Crippen molar-refractivity contribution in [3.8, 4) is 0 Å². The molecule has 0 spiro atoms. The van der Waals surface area contributed by atoms with Gasteiger partial charge in [0.2, 0.25) is 0 Å².